The summed E-state index contributed by atoms with van der Waals surface area (Å²) in [6.07, 6.45) is 11.1. The Bertz CT molecular complexity index is 2830. The summed E-state index contributed by atoms with van der Waals surface area (Å²) in [5, 5.41) is 14.2. The van der Waals surface area contributed by atoms with Crippen molar-refractivity contribution in [1.29, 1.82) is 0 Å². The number of fused-ring (bicyclic) bond motifs is 2. The van der Waals surface area contributed by atoms with Crippen molar-refractivity contribution < 1.29 is 46.6 Å². The Morgan fingerprint density at radius 2 is 1.67 bits per heavy atom. The number of hydrogen-bond donors (Lipinski definition) is 2. The smallest absolute Gasteiger partial charge is 0.368 e. The predicted octanol–water partition coefficient (Wildman–Crippen LogP) is 7.89. The minimum Gasteiger partial charge on any atom is -0.368 e. The number of nitrogens with one attached hydrogen (secondary N) is 2. The molecule has 1 aromatic carbocycles. The molecular formula is C50H65N12O10P. The molecule has 73 heavy (non-hydrogen) atoms. The number of phosphoric acid groups is 1. The lowest BCUT2D eigenvalue weighted by Gasteiger charge is -2.36. The Labute approximate surface area is 424 Å². The Hall–Kier alpha value is -6.61. The largest absolute Gasteiger partial charge is 0.476 e. The van der Waals surface area contributed by atoms with Gasteiger partial charge in [-0.25, -0.2) is 18.9 Å². The summed E-state index contributed by atoms with van der Waals surface area (Å²) in [6, 6.07) is 7.89. The monoisotopic (exact) mass is 1020 g/mol. The van der Waals surface area contributed by atoms with E-state index in [1.54, 1.807) is 35.1 Å². The van der Waals surface area contributed by atoms with E-state index in [4.69, 9.17) is 18.1 Å². The van der Waals surface area contributed by atoms with Crippen LogP contribution in [0.1, 0.15) is 131 Å². The number of nitrogens with zero attached hydrogens (tertiary/aromatic N) is 10. The van der Waals surface area contributed by atoms with Gasteiger partial charge in [-0.05, 0) is 80.3 Å². The standard InChI is InChI=1S/C50H65N12O10P/c1-6-8-25-69-73(68,70-26-9-7-2)71-32-61-44(64)18-17-40(49(61)66)60-31-35-28-37(15-16-38(35)48(60)65)58-21-23-59(24-22-58)43(63)14-12-10-11-13-42-56-47(57-72-42)45-34(5)27-36(29-52-45)54-50(67)55-39-30-51-41-19-20-53-62(41)46(39)33(3)4/h15-16,19-20,27-30,33,40H,6-14,17-18,21-26,31-32H2,1-5H3,(H2,54,55,67). The van der Waals surface area contributed by atoms with Crippen LogP contribution >= 0.6 is 7.82 Å². The highest BCUT2D eigenvalue weighted by Gasteiger charge is 2.44. The first kappa shape index (κ1) is 52.7. The van der Waals surface area contributed by atoms with Crippen molar-refractivity contribution in [3.8, 4) is 11.5 Å². The van der Waals surface area contributed by atoms with Gasteiger partial charge in [0.2, 0.25) is 23.5 Å². The molecule has 1 unspecified atom stereocenters. The Kier molecular flexibility index (Phi) is 17.3. The van der Waals surface area contributed by atoms with Crippen molar-refractivity contribution in [3.05, 3.63) is 77.2 Å². The SMILES string of the molecule is CCCCOP(=O)(OCCCC)OCN1C(=O)CCC(N2Cc3cc(N4CCN(C(=O)CCCCCc5nc(-c6ncc(NC(=O)Nc7cnc8ccnn8c7C(C)C)cc6C)no5)CC4)ccc3C2=O)C1=O. The molecule has 3 aliphatic heterocycles. The minimum atomic E-state index is -4.04. The number of urea groups is 1. The number of carbonyl (C=O) groups is 5. The molecule has 22 nitrogen and oxygen atoms in total. The molecule has 2 N–H and O–H groups in total. The van der Waals surface area contributed by atoms with Gasteiger partial charge < -0.3 is 29.9 Å². The van der Waals surface area contributed by atoms with Crippen LogP contribution in [0.3, 0.4) is 0 Å². The molecule has 0 radical (unpaired) electrons. The van der Waals surface area contributed by atoms with E-state index < -0.39 is 38.4 Å². The number of aryl methyl sites for hydroxylation is 2. The number of rotatable bonds is 23. The lowest BCUT2D eigenvalue weighted by molar-refractivity contribution is -0.156. The van der Waals surface area contributed by atoms with Gasteiger partial charge in [-0.3, -0.25) is 42.6 Å². The average molecular weight is 1030 g/mol. The number of amides is 6. The number of aromatic nitrogens is 6. The third-order valence-corrected chi connectivity index (χ3v) is 14.6. The first-order valence-electron chi connectivity index (χ1n) is 25.3. The number of hydrogen-bond acceptors (Lipinski definition) is 16. The lowest BCUT2D eigenvalue weighted by atomic mass is 10.0. The van der Waals surface area contributed by atoms with E-state index in [2.05, 4.69) is 40.7 Å². The number of anilines is 3. The molecule has 7 heterocycles. The Balaban J connectivity index is 0.752. The maximum atomic E-state index is 13.8. The van der Waals surface area contributed by atoms with Crippen LogP contribution in [0.4, 0.5) is 21.9 Å². The molecule has 0 bridgehead atoms. The highest BCUT2D eigenvalue weighted by atomic mass is 31.2. The van der Waals surface area contributed by atoms with E-state index in [1.165, 1.54) is 11.1 Å². The molecule has 2 saturated heterocycles. The number of piperidine rings is 1. The van der Waals surface area contributed by atoms with Crippen LogP contribution < -0.4 is 15.5 Å². The van der Waals surface area contributed by atoms with E-state index in [-0.39, 0.29) is 50.3 Å². The van der Waals surface area contributed by atoms with E-state index in [1.807, 2.05) is 51.7 Å². The van der Waals surface area contributed by atoms with Crippen LogP contribution in [-0.4, -0.2) is 126 Å². The summed E-state index contributed by atoms with van der Waals surface area (Å²) in [4.78, 5) is 86.6. The van der Waals surface area contributed by atoms with Gasteiger partial charge in [-0.1, -0.05) is 52.1 Å². The third-order valence-electron chi connectivity index (χ3n) is 13.2. The summed E-state index contributed by atoms with van der Waals surface area (Å²) in [6.45, 7) is 12.1. The van der Waals surface area contributed by atoms with E-state index in [9.17, 15) is 28.5 Å². The highest BCUT2D eigenvalue weighted by molar-refractivity contribution is 7.48. The summed E-state index contributed by atoms with van der Waals surface area (Å²) in [7, 11) is -4.04. The number of phosphoric ester groups is 1. The molecule has 6 amide bonds. The first-order valence-corrected chi connectivity index (χ1v) is 26.8. The second-order valence-electron chi connectivity index (χ2n) is 18.8. The van der Waals surface area contributed by atoms with E-state index >= 15 is 0 Å². The van der Waals surface area contributed by atoms with Crippen molar-refractivity contribution in [2.45, 2.75) is 124 Å². The molecule has 0 aliphatic carbocycles. The van der Waals surface area contributed by atoms with Gasteiger partial charge in [0.25, 0.3) is 11.8 Å². The zero-order valence-corrected chi connectivity index (χ0v) is 43.1. The third kappa shape index (κ3) is 12.6. The topological polar surface area (TPSA) is 249 Å². The summed E-state index contributed by atoms with van der Waals surface area (Å²) in [5.41, 5.74) is 6.06. The van der Waals surface area contributed by atoms with Crippen molar-refractivity contribution in [1.82, 2.24) is 44.4 Å². The summed E-state index contributed by atoms with van der Waals surface area (Å²) < 4.78 is 37.1. The molecular weight excluding hydrogens is 960 g/mol. The number of imide groups is 1. The second kappa shape index (κ2) is 24.0. The zero-order chi connectivity index (χ0) is 51.6. The van der Waals surface area contributed by atoms with Gasteiger partial charge in [0, 0.05) is 69.3 Å². The number of piperazine rings is 1. The van der Waals surface area contributed by atoms with Crippen LogP contribution in [0, 0.1) is 6.92 Å². The van der Waals surface area contributed by atoms with Crippen molar-refractivity contribution in [2.24, 2.45) is 0 Å². The summed E-state index contributed by atoms with van der Waals surface area (Å²) in [5.74, 6) is -0.366. The number of pyridine rings is 1. The van der Waals surface area contributed by atoms with Crippen LogP contribution in [0.2, 0.25) is 0 Å². The lowest BCUT2D eigenvalue weighted by Crippen LogP contribution is -2.55. The molecule has 5 aromatic rings. The van der Waals surface area contributed by atoms with Gasteiger partial charge in [0.15, 0.2) is 5.65 Å². The number of benzene rings is 1. The molecule has 0 spiro atoms. The van der Waals surface area contributed by atoms with Gasteiger partial charge >= 0.3 is 13.9 Å². The molecule has 3 aliphatic rings. The van der Waals surface area contributed by atoms with Gasteiger partial charge in [-0.15, -0.1) is 0 Å². The predicted molar refractivity (Wildman–Crippen MR) is 269 cm³/mol. The molecule has 23 heteroatoms. The van der Waals surface area contributed by atoms with Crippen LogP contribution in [0.15, 0.2) is 53.4 Å². The van der Waals surface area contributed by atoms with Crippen molar-refractivity contribution in [3.63, 3.8) is 0 Å². The summed E-state index contributed by atoms with van der Waals surface area (Å²) >= 11 is 0. The molecule has 2 fully saturated rings. The fourth-order valence-electron chi connectivity index (χ4n) is 9.16. The van der Waals surface area contributed by atoms with Crippen molar-refractivity contribution in [2.75, 3.05) is 61.7 Å². The van der Waals surface area contributed by atoms with E-state index in [0.717, 1.165) is 59.5 Å². The number of likely N-dealkylation sites (tertiary alicyclic amines) is 1. The van der Waals surface area contributed by atoms with Crippen LogP contribution in [-0.2, 0) is 45.5 Å². The first-order chi connectivity index (χ1) is 35.2. The maximum Gasteiger partial charge on any atom is 0.476 e. The fraction of sp³-hybridized carbons (Fsp3) is 0.520. The molecule has 8 rings (SSSR count). The molecule has 4 aromatic heterocycles. The molecule has 0 saturated carbocycles. The van der Waals surface area contributed by atoms with Crippen molar-refractivity contribution >= 4 is 60.2 Å². The van der Waals surface area contributed by atoms with Gasteiger partial charge in [0.05, 0.1) is 48.9 Å². The van der Waals surface area contributed by atoms with Gasteiger partial charge in [0.1, 0.15) is 18.5 Å². The van der Waals surface area contributed by atoms with E-state index in [0.29, 0.717) is 91.9 Å². The normalized spacial score (nSPS) is 16.3. The fourth-order valence-corrected chi connectivity index (χ4v) is 10.4. The average Bonchev–Trinajstić information content (AvgIpc) is 4.13. The minimum absolute atomic E-state index is 0.0117. The maximum absolute atomic E-state index is 13.8. The highest BCUT2D eigenvalue weighted by Crippen LogP contribution is 2.50. The number of carbonyl (C=O) groups excluding carboxylic acids is 5. The zero-order valence-electron chi connectivity index (χ0n) is 42.2. The second-order valence-corrected chi connectivity index (χ2v) is 20.5. The van der Waals surface area contributed by atoms with Crippen LogP contribution in [0.5, 0.6) is 0 Å². The molecule has 390 valence electrons. The quantitative estimate of drug-likeness (QED) is 0.0358. The van der Waals surface area contributed by atoms with Crippen LogP contribution in [0.25, 0.3) is 17.2 Å². The Morgan fingerprint density at radius 1 is 0.904 bits per heavy atom. The Morgan fingerprint density at radius 3 is 2.40 bits per heavy atom. The van der Waals surface area contributed by atoms with Gasteiger partial charge in [-0.2, -0.15) is 10.1 Å². The molecule has 1 atom stereocenters. The number of unbranched alkanes of at least 4 members (excludes halogenated alkanes) is 4.